The van der Waals surface area contributed by atoms with Crippen LogP contribution in [-0.2, 0) is 14.3 Å². The van der Waals surface area contributed by atoms with Crippen molar-refractivity contribution in [3.05, 3.63) is 54.1 Å². The van der Waals surface area contributed by atoms with E-state index in [1.54, 1.807) is 24.3 Å². The van der Waals surface area contributed by atoms with E-state index in [1.165, 1.54) is 56.9 Å². The summed E-state index contributed by atoms with van der Waals surface area (Å²) in [6, 6.07) is 6.78. The van der Waals surface area contributed by atoms with Gasteiger partial charge in [0.05, 0.1) is 5.56 Å². The number of rotatable bonds is 11. The third-order valence-corrected chi connectivity index (χ3v) is 12.2. The number of hydrogen-bond donors (Lipinski definition) is 0. The van der Waals surface area contributed by atoms with Crippen molar-refractivity contribution in [2.45, 2.75) is 111 Å². The van der Waals surface area contributed by atoms with Crippen molar-refractivity contribution in [3.8, 4) is 5.75 Å². The van der Waals surface area contributed by atoms with Crippen LogP contribution < -0.4 is 4.74 Å². The van der Waals surface area contributed by atoms with E-state index in [-0.39, 0.29) is 24.3 Å². The summed E-state index contributed by atoms with van der Waals surface area (Å²) in [5.74, 6) is 4.64. The van der Waals surface area contributed by atoms with Crippen molar-refractivity contribution in [2.75, 3.05) is 6.79 Å². The summed E-state index contributed by atoms with van der Waals surface area (Å²) in [5.41, 5.74) is 2.78. The van der Waals surface area contributed by atoms with Crippen molar-refractivity contribution >= 4 is 11.9 Å². The molecule has 0 aromatic heterocycles. The van der Waals surface area contributed by atoms with Crippen molar-refractivity contribution < 1.29 is 23.8 Å². The molecule has 4 aliphatic carbocycles. The zero-order chi connectivity index (χ0) is 30.8. The van der Waals surface area contributed by atoms with Gasteiger partial charge in [0.1, 0.15) is 11.9 Å². The first kappa shape index (κ1) is 31.9. The van der Waals surface area contributed by atoms with Crippen LogP contribution in [-0.4, -0.2) is 24.8 Å². The molecule has 5 rings (SSSR count). The zero-order valence-electron chi connectivity index (χ0n) is 27.2. The van der Waals surface area contributed by atoms with Crippen molar-refractivity contribution in [1.82, 2.24) is 0 Å². The largest absolute Gasteiger partial charge is 0.458 e. The Hall–Kier alpha value is -2.56. The topological polar surface area (TPSA) is 61.8 Å². The van der Waals surface area contributed by atoms with Gasteiger partial charge in [-0.25, -0.2) is 9.59 Å². The highest BCUT2D eigenvalue weighted by molar-refractivity contribution is 5.89. The standard InChI is InChI=1S/C38H54O5/c1-7-35(39)42-24-41-29-14-11-27(12-15-29)36(40)43-30-19-21-37(5)28(23-30)13-16-31-33-18-17-32(26(4)10-8-9-25(2)3)38(33,6)22-20-34(31)37/h7,11-15,25-26,30-34H,1,8-10,16-24H2,2-6H3/t26?,30?,31?,32?,33?,34?,37-,38+/m0/s1. The molecule has 236 valence electrons. The molecule has 1 aromatic rings. The van der Waals surface area contributed by atoms with Crippen LogP contribution in [0.3, 0.4) is 0 Å². The number of allylic oxidation sites excluding steroid dienone is 1. The van der Waals surface area contributed by atoms with Crippen molar-refractivity contribution in [2.24, 2.45) is 46.3 Å². The van der Waals surface area contributed by atoms with Crippen LogP contribution >= 0.6 is 0 Å². The van der Waals surface area contributed by atoms with Crippen molar-refractivity contribution in [1.29, 1.82) is 0 Å². The summed E-state index contributed by atoms with van der Waals surface area (Å²) < 4.78 is 16.3. The average Bonchev–Trinajstić information content (AvgIpc) is 3.34. The van der Waals surface area contributed by atoms with E-state index in [0.717, 1.165) is 60.8 Å². The van der Waals surface area contributed by atoms with Crippen LogP contribution in [0.4, 0.5) is 0 Å². The Kier molecular flexibility index (Phi) is 9.78. The molecule has 5 heteroatoms. The van der Waals surface area contributed by atoms with Gasteiger partial charge in [-0.05, 0) is 116 Å². The fraction of sp³-hybridized carbons (Fsp3) is 0.684. The van der Waals surface area contributed by atoms with Gasteiger partial charge in [0.2, 0.25) is 6.79 Å². The summed E-state index contributed by atoms with van der Waals surface area (Å²) in [7, 11) is 0. The number of esters is 2. The average molecular weight is 591 g/mol. The lowest BCUT2D eigenvalue weighted by Crippen LogP contribution is -2.51. The summed E-state index contributed by atoms with van der Waals surface area (Å²) in [6.45, 7) is 15.6. The monoisotopic (exact) mass is 590 g/mol. The van der Waals surface area contributed by atoms with Gasteiger partial charge in [0, 0.05) is 12.5 Å². The van der Waals surface area contributed by atoms with E-state index in [2.05, 4.69) is 47.3 Å². The number of carbonyl (C=O) groups is 2. The lowest BCUT2D eigenvalue weighted by Gasteiger charge is -2.58. The molecule has 5 nitrogen and oxygen atoms in total. The number of carbonyl (C=O) groups excluding carboxylic acids is 2. The summed E-state index contributed by atoms with van der Waals surface area (Å²) in [4.78, 5) is 24.2. The van der Waals surface area contributed by atoms with E-state index in [4.69, 9.17) is 14.2 Å². The quantitative estimate of drug-likeness (QED) is 0.111. The third kappa shape index (κ3) is 6.61. The summed E-state index contributed by atoms with van der Waals surface area (Å²) >= 11 is 0. The maximum atomic E-state index is 13.0. The first-order valence-electron chi connectivity index (χ1n) is 17.0. The molecule has 6 unspecified atom stereocenters. The molecule has 0 spiro atoms. The van der Waals surface area contributed by atoms with Crippen LogP contribution in [0.25, 0.3) is 0 Å². The first-order chi connectivity index (χ1) is 20.5. The van der Waals surface area contributed by atoms with Gasteiger partial charge < -0.3 is 14.2 Å². The molecule has 8 atom stereocenters. The van der Waals surface area contributed by atoms with Gasteiger partial charge in [-0.15, -0.1) is 0 Å². The van der Waals surface area contributed by atoms with E-state index in [0.29, 0.717) is 16.7 Å². The molecule has 0 N–H and O–H groups in total. The zero-order valence-corrected chi connectivity index (χ0v) is 27.2. The van der Waals surface area contributed by atoms with Crippen LogP contribution in [0.2, 0.25) is 0 Å². The Labute approximate surface area is 259 Å². The fourth-order valence-corrected chi connectivity index (χ4v) is 9.87. The van der Waals surface area contributed by atoms with Gasteiger partial charge >= 0.3 is 11.9 Å². The molecule has 0 amide bonds. The van der Waals surface area contributed by atoms with E-state index in [1.807, 2.05) is 0 Å². The molecule has 3 saturated carbocycles. The molecule has 0 saturated heterocycles. The van der Waals surface area contributed by atoms with Crippen LogP contribution in [0, 0.1) is 46.3 Å². The maximum absolute atomic E-state index is 13.0. The molecule has 1 aromatic carbocycles. The molecule has 43 heavy (non-hydrogen) atoms. The SMILES string of the molecule is C=CC(=O)OCOc1ccc(C(=O)OC2CC[C@@]3(C)C(=CCC4C5CCC(C(C)CCCC(C)C)[C@@]5(C)CCC43)C2)cc1. The third-order valence-electron chi connectivity index (χ3n) is 12.2. The second-order valence-corrected chi connectivity index (χ2v) is 15.0. The summed E-state index contributed by atoms with van der Waals surface area (Å²) in [6.07, 6.45) is 17.4. The highest BCUT2D eigenvalue weighted by atomic mass is 16.7. The maximum Gasteiger partial charge on any atom is 0.338 e. The molecule has 0 bridgehead atoms. The van der Waals surface area contributed by atoms with Gasteiger partial charge in [-0.2, -0.15) is 0 Å². The first-order valence-corrected chi connectivity index (χ1v) is 17.0. The van der Waals surface area contributed by atoms with Gasteiger partial charge in [-0.3, -0.25) is 0 Å². The van der Waals surface area contributed by atoms with Crippen LogP contribution in [0.5, 0.6) is 5.75 Å². The van der Waals surface area contributed by atoms with Crippen LogP contribution in [0.15, 0.2) is 48.6 Å². The molecule has 0 aliphatic heterocycles. The van der Waals surface area contributed by atoms with E-state index in [9.17, 15) is 9.59 Å². The lowest BCUT2D eigenvalue weighted by molar-refractivity contribution is -0.144. The molecule has 4 aliphatic rings. The highest BCUT2D eigenvalue weighted by Crippen LogP contribution is 2.67. The number of fused-ring (bicyclic) bond motifs is 5. The molecule has 0 heterocycles. The Bertz CT molecular complexity index is 1180. The van der Waals surface area contributed by atoms with Gasteiger partial charge in [0.15, 0.2) is 0 Å². The minimum absolute atomic E-state index is 0.0750. The second kappa shape index (κ2) is 13.2. The predicted molar refractivity (Wildman–Crippen MR) is 170 cm³/mol. The molecular formula is C38H54O5. The number of ether oxygens (including phenoxy) is 3. The molecule has 3 fully saturated rings. The Morgan fingerprint density at radius 3 is 2.49 bits per heavy atom. The fourth-order valence-electron chi connectivity index (χ4n) is 9.87. The molecular weight excluding hydrogens is 536 g/mol. The Morgan fingerprint density at radius 2 is 1.77 bits per heavy atom. The Balaban J connectivity index is 1.17. The van der Waals surface area contributed by atoms with Gasteiger partial charge in [-0.1, -0.05) is 72.1 Å². The Morgan fingerprint density at radius 1 is 1.00 bits per heavy atom. The van der Waals surface area contributed by atoms with E-state index < -0.39 is 5.97 Å². The normalized spacial score (nSPS) is 33.8. The van der Waals surface area contributed by atoms with E-state index >= 15 is 0 Å². The minimum atomic E-state index is -0.543. The second-order valence-electron chi connectivity index (χ2n) is 15.0. The highest BCUT2D eigenvalue weighted by Gasteiger charge is 2.59. The smallest absolute Gasteiger partial charge is 0.338 e. The number of hydrogen-bond acceptors (Lipinski definition) is 5. The summed E-state index contributed by atoms with van der Waals surface area (Å²) in [5, 5.41) is 0. The van der Waals surface area contributed by atoms with Gasteiger partial charge in [0.25, 0.3) is 0 Å². The van der Waals surface area contributed by atoms with Crippen molar-refractivity contribution in [3.63, 3.8) is 0 Å². The predicted octanol–water partition coefficient (Wildman–Crippen LogP) is 9.32. The molecule has 0 radical (unpaired) electrons. The minimum Gasteiger partial charge on any atom is -0.458 e. The lowest BCUT2D eigenvalue weighted by atomic mass is 9.47. The van der Waals surface area contributed by atoms with Crippen LogP contribution in [0.1, 0.15) is 116 Å². The number of benzene rings is 1.